The molecule has 21 heavy (non-hydrogen) atoms. The second-order valence-corrected chi connectivity index (χ2v) is 4.24. The van der Waals surface area contributed by atoms with Crippen molar-refractivity contribution in [2.24, 2.45) is 0 Å². The Morgan fingerprint density at radius 1 is 1.24 bits per heavy atom. The van der Waals surface area contributed by atoms with Crippen LogP contribution in [0.5, 0.6) is 5.75 Å². The molecule has 0 fully saturated rings. The molecule has 1 aromatic rings. The monoisotopic (exact) mass is 320 g/mol. The van der Waals surface area contributed by atoms with Gasteiger partial charge in [0.05, 0.1) is 20.1 Å². The van der Waals surface area contributed by atoms with Crippen molar-refractivity contribution in [3.63, 3.8) is 0 Å². The zero-order valence-electron chi connectivity index (χ0n) is 12.3. The summed E-state index contributed by atoms with van der Waals surface area (Å²) in [5.74, 6) is -0.418. The molecule has 1 aromatic carbocycles. The van der Waals surface area contributed by atoms with E-state index < -0.39 is 5.82 Å². The fourth-order valence-corrected chi connectivity index (χ4v) is 1.66. The summed E-state index contributed by atoms with van der Waals surface area (Å²) in [4.78, 5) is 11.6. The smallest absolute Gasteiger partial charge is 0.224 e. The topological polar surface area (TPSA) is 59.6 Å². The van der Waals surface area contributed by atoms with Gasteiger partial charge < -0.3 is 20.1 Å². The summed E-state index contributed by atoms with van der Waals surface area (Å²) in [6, 6.07) is 4.51. The van der Waals surface area contributed by atoms with Gasteiger partial charge in [-0.15, -0.1) is 12.4 Å². The minimum Gasteiger partial charge on any atom is -0.494 e. The molecular weight excluding hydrogens is 299 g/mol. The summed E-state index contributed by atoms with van der Waals surface area (Å²) in [6.45, 7) is 2.59. The fourth-order valence-electron chi connectivity index (χ4n) is 1.66. The number of amides is 1. The Balaban J connectivity index is 0.00000400. The summed E-state index contributed by atoms with van der Waals surface area (Å²) in [5.41, 5.74) is 0.619. The van der Waals surface area contributed by atoms with Crippen molar-refractivity contribution in [1.29, 1.82) is 0 Å². The molecule has 120 valence electrons. The Hall–Kier alpha value is -1.37. The average molecular weight is 321 g/mol. The highest BCUT2D eigenvalue weighted by Crippen LogP contribution is 2.17. The summed E-state index contributed by atoms with van der Waals surface area (Å²) < 4.78 is 23.2. The van der Waals surface area contributed by atoms with Crippen LogP contribution in [0.15, 0.2) is 18.2 Å². The van der Waals surface area contributed by atoms with Crippen molar-refractivity contribution in [2.45, 2.75) is 6.42 Å². The number of hydrogen-bond donors (Lipinski definition) is 2. The predicted octanol–water partition coefficient (Wildman–Crippen LogP) is 1.15. The second-order valence-electron chi connectivity index (χ2n) is 4.24. The van der Waals surface area contributed by atoms with Crippen LogP contribution in [-0.4, -0.2) is 46.4 Å². The molecule has 0 aliphatic heterocycles. The lowest BCUT2D eigenvalue weighted by molar-refractivity contribution is -0.120. The highest BCUT2D eigenvalue weighted by Gasteiger charge is 2.07. The molecule has 2 N–H and O–H groups in total. The van der Waals surface area contributed by atoms with E-state index in [1.165, 1.54) is 19.2 Å². The summed E-state index contributed by atoms with van der Waals surface area (Å²) in [7, 11) is 3.04. The summed E-state index contributed by atoms with van der Waals surface area (Å²) in [5, 5.41) is 5.87. The maximum atomic E-state index is 13.4. The van der Waals surface area contributed by atoms with Gasteiger partial charge in [-0.1, -0.05) is 6.07 Å². The van der Waals surface area contributed by atoms with Gasteiger partial charge in [0.1, 0.15) is 0 Å². The third kappa shape index (κ3) is 7.84. The highest BCUT2D eigenvalue weighted by atomic mass is 35.5. The van der Waals surface area contributed by atoms with Crippen LogP contribution in [0, 0.1) is 5.82 Å². The van der Waals surface area contributed by atoms with Gasteiger partial charge in [0.2, 0.25) is 5.91 Å². The molecule has 0 radical (unpaired) electrons. The first kappa shape index (κ1) is 19.6. The molecule has 0 aliphatic carbocycles. The van der Waals surface area contributed by atoms with Crippen LogP contribution in [0.3, 0.4) is 0 Å². The first-order valence-electron chi connectivity index (χ1n) is 6.46. The maximum Gasteiger partial charge on any atom is 0.224 e. The van der Waals surface area contributed by atoms with E-state index >= 15 is 0 Å². The molecular formula is C14H22ClFN2O3. The fraction of sp³-hybridized carbons (Fsp3) is 0.500. The van der Waals surface area contributed by atoms with Crippen molar-refractivity contribution in [3.8, 4) is 5.75 Å². The molecule has 0 atom stereocenters. The van der Waals surface area contributed by atoms with Crippen molar-refractivity contribution in [3.05, 3.63) is 29.6 Å². The van der Waals surface area contributed by atoms with Gasteiger partial charge in [0.25, 0.3) is 0 Å². The van der Waals surface area contributed by atoms with Crippen molar-refractivity contribution in [2.75, 3.05) is 40.5 Å². The van der Waals surface area contributed by atoms with E-state index in [9.17, 15) is 9.18 Å². The van der Waals surface area contributed by atoms with E-state index in [1.54, 1.807) is 13.2 Å². The van der Waals surface area contributed by atoms with Gasteiger partial charge >= 0.3 is 0 Å². The van der Waals surface area contributed by atoms with Crippen molar-refractivity contribution in [1.82, 2.24) is 10.6 Å². The molecule has 1 amide bonds. The van der Waals surface area contributed by atoms with E-state index in [1.807, 2.05) is 0 Å². The minimum absolute atomic E-state index is 0. The summed E-state index contributed by atoms with van der Waals surface area (Å²) >= 11 is 0. The summed E-state index contributed by atoms with van der Waals surface area (Å²) in [6.07, 6.45) is 0.152. The highest BCUT2D eigenvalue weighted by molar-refractivity contribution is 5.85. The lowest BCUT2D eigenvalue weighted by atomic mass is 10.1. The van der Waals surface area contributed by atoms with E-state index in [0.29, 0.717) is 25.3 Å². The standard InChI is InChI=1S/C14H21FN2O3.ClH/c1-19-8-7-16-5-6-17-14(18)10-11-3-4-13(20-2)12(15)9-11;/h3-4,9,16H,5-8,10H2,1-2H3,(H,17,18);1H. The molecule has 5 nitrogen and oxygen atoms in total. The van der Waals surface area contributed by atoms with Gasteiger partial charge in [-0.3, -0.25) is 4.79 Å². The number of carbonyl (C=O) groups is 1. The van der Waals surface area contributed by atoms with Crippen molar-refractivity contribution >= 4 is 18.3 Å². The van der Waals surface area contributed by atoms with Crippen LogP contribution in [0.2, 0.25) is 0 Å². The van der Waals surface area contributed by atoms with Gasteiger partial charge in [0.15, 0.2) is 11.6 Å². The Bertz CT molecular complexity index is 433. The number of halogens is 2. The molecule has 0 spiro atoms. The largest absolute Gasteiger partial charge is 0.494 e. The van der Waals surface area contributed by atoms with Crippen LogP contribution in [-0.2, 0) is 16.0 Å². The lowest BCUT2D eigenvalue weighted by Crippen LogP contribution is -2.33. The zero-order valence-corrected chi connectivity index (χ0v) is 13.1. The van der Waals surface area contributed by atoms with E-state index in [2.05, 4.69) is 10.6 Å². The Morgan fingerprint density at radius 2 is 2.00 bits per heavy atom. The number of hydrogen-bond acceptors (Lipinski definition) is 4. The molecule has 0 aliphatic rings. The minimum atomic E-state index is -0.459. The maximum absolute atomic E-state index is 13.4. The number of carbonyl (C=O) groups excluding carboxylic acids is 1. The third-order valence-electron chi connectivity index (χ3n) is 2.69. The molecule has 0 saturated heterocycles. The average Bonchev–Trinajstić information content (AvgIpc) is 2.43. The lowest BCUT2D eigenvalue weighted by Gasteiger charge is -2.07. The first-order chi connectivity index (χ1) is 9.67. The molecule has 1 rings (SSSR count). The Labute approximate surface area is 130 Å². The predicted molar refractivity (Wildman–Crippen MR) is 81.7 cm³/mol. The normalized spacial score (nSPS) is 9.86. The zero-order chi connectivity index (χ0) is 14.8. The number of benzene rings is 1. The SMILES string of the molecule is COCCNCCNC(=O)Cc1ccc(OC)c(F)c1.Cl. The van der Waals surface area contributed by atoms with Crippen LogP contribution in [0.4, 0.5) is 4.39 Å². The molecule has 0 saturated carbocycles. The van der Waals surface area contributed by atoms with Crippen LogP contribution < -0.4 is 15.4 Å². The van der Waals surface area contributed by atoms with Crippen LogP contribution >= 0.6 is 12.4 Å². The first-order valence-corrected chi connectivity index (χ1v) is 6.46. The molecule has 0 unspecified atom stereocenters. The number of rotatable bonds is 9. The third-order valence-corrected chi connectivity index (χ3v) is 2.69. The van der Waals surface area contributed by atoms with Gasteiger partial charge in [0, 0.05) is 26.7 Å². The molecule has 0 heterocycles. The van der Waals surface area contributed by atoms with E-state index in [0.717, 1.165) is 6.54 Å². The number of nitrogens with one attached hydrogen (secondary N) is 2. The number of ether oxygens (including phenoxy) is 2. The molecule has 0 bridgehead atoms. The van der Waals surface area contributed by atoms with Crippen LogP contribution in [0.25, 0.3) is 0 Å². The molecule has 7 heteroatoms. The Kier molecular flexibility index (Phi) is 10.6. The number of methoxy groups -OCH3 is 2. The van der Waals surface area contributed by atoms with E-state index in [-0.39, 0.29) is 30.5 Å². The second kappa shape index (κ2) is 11.3. The quantitative estimate of drug-likeness (QED) is 0.670. The van der Waals surface area contributed by atoms with Gasteiger partial charge in [-0.05, 0) is 17.7 Å². The van der Waals surface area contributed by atoms with Gasteiger partial charge in [-0.2, -0.15) is 0 Å². The molecule has 0 aromatic heterocycles. The van der Waals surface area contributed by atoms with Crippen molar-refractivity contribution < 1.29 is 18.7 Å². The van der Waals surface area contributed by atoms with Crippen LogP contribution in [0.1, 0.15) is 5.56 Å². The van der Waals surface area contributed by atoms with Gasteiger partial charge in [-0.25, -0.2) is 4.39 Å². The van der Waals surface area contributed by atoms with E-state index in [4.69, 9.17) is 9.47 Å². The Morgan fingerprint density at radius 3 is 2.62 bits per heavy atom.